The lowest BCUT2D eigenvalue weighted by atomic mass is 9.95. The molecule has 1 unspecified atom stereocenters. The van der Waals surface area contributed by atoms with Crippen molar-refractivity contribution in [1.29, 1.82) is 0 Å². The van der Waals surface area contributed by atoms with Gasteiger partial charge in [-0.15, -0.1) is 0 Å². The molecule has 0 saturated carbocycles. The maximum Gasteiger partial charge on any atom is 0.0414 e. The Bertz CT molecular complexity index is 408. The van der Waals surface area contributed by atoms with E-state index < -0.39 is 0 Å². The van der Waals surface area contributed by atoms with E-state index in [1.807, 2.05) is 7.05 Å². The van der Waals surface area contributed by atoms with Crippen LogP contribution < -0.4 is 10.2 Å². The van der Waals surface area contributed by atoms with Crippen molar-refractivity contribution in [1.82, 2.24) is 10.2 Å². The Balaban J connectivity index is 2.03. The molecule has 0 amide bonds. The van der Waals surface area contributed by atoms with E-state index in [9.17, 15) is 0 Å². The van der Waals surface area contributed by atoms with Crippen molar-refractivity contribution in [3.63, 3.8) is 0 Å². The maximum atomic E-state index is 3.36. The van der Waals surface area contributed by atoms with E-state index in [1.165, 1.54) is 43.7 Å². The fraction of sp³-hybridized carbons (Fsp3) is 0.647. The molecule has 1 saturated heterocycles. The van der Waals surface area contributed by atoms with Crippen LogP contribution in [0, 0.1) is 5.92 Å². The number of benzene rings is 1. The summed E-state index contributed by atoms with van der Waals surface area (Å²) >= 11 is 0. The van der Waals surface area contributed by atoms with E-state index in [0.717, 1.165) is 5.92 Å². The third-order valence-electron chi connectivity index (χ3n) is 4.41. The summed E-state index contributed by atoms with van der Waals surface area (Å²) in [6, 6.07) is 9.24. The quantitative estimate of drug-likeness (QED) is 0.891. The van der Waals surface area contributed by atoms with Crippen LogP contribution in [0.2, 0.25) is 0 Å². The van der Waals surface area contributed by atoms with E-state index in [2.05, 4.69) is 60.4 Å². The van der Waals surface area contributed by atoms with Crippen LogP contribution in [-0.2, 0) is 0 Å². The molecule has 20 heavy (non-hydrogen) atoms. The van der Waals surface area contributed by atoms with Gasteiger partial charge in [-0.1, -0.05) is 18.2 Å². The molecule has 112 valence electrons. The Hall–Kier alpha value is -1.06. The van der Waals surface area contributed by atoms with Crippen molar-refractivity contribution in [2.24, 2.45) is 5.92 Å². The molecule has 0 spiro atoms. The average molecular weight is 275 g/mol. The highest BCUT2D eigenvalue weighted by molar-refractivity contribution is 5.55. The molecule has 1 atom stereocenters. The zero-order valence-corrected chi connectivity index (χ0v) is 13.4. The standard InChI is InChI=1S/C17H29N3/c1-14(18-2)16-7-5-6-8-17(16)20-11-9-15(10-12-20)13-19(3)4/h5-8,14-15,18H,9-13H2,1-4H3. The zero-order valence-electron chi connectivity index (χ0n) is 13.4. The summed E-state index contributed by atoms with van der Waals surface area (Å²) in [5.41, 5.74) is 2.83. The van der Waals surface area contributed by atoms with Crippen LogP contribution in [0.1, 0.15) is 31.4 Å². The Kier molecular flexibility index (Phi) is 5.44. The molecule has 1 fully saturated rings. The molecule has 1 aliphatic heterocycles. The lowest BCUT2D eigenvalue weighted by Gasteiger charge is -2.36. The van der Waals surface area contributed by atoms with Gasteiger partial charge in [-0.3, -0.25) is 0 Å². The highest BCUT2D eigenvalue weighted by atomic mass is 15.1. The van der Waals surface area contributed by atoms with Crippen molar-refractivity contribution in [2.75, 3.05) is 45.7 Å². The second-order valence-electron chi connectivity index (χ2n) is 6.26. The molecule has 2 rings (SSSR count). The average Bonchev–Trinajstić information content (AvgIpc) is 2.46. The van der Waals surface area contributed by atoms with Gasteiger partial charge in [-0.25, -0.2) is 0 Å². The summed E-state index contributed by atoms with van der Waals surface area (Å²) in [5, 5.41) is 3.36. The van der Waals surface area contributed by atoms with Crippen molar-refractivity contribution in [3.05, 3.63) is 29.8 Å². The molecule has 0 aromatic heterocycles. The Labute approximate surface area is 124 Å². The fourth-order valence-electron chi connectivity index (χ4n) is 3.17. The molecule has 3 heteroatoms. The van der Waals surface area contributed by atoms with Crippen molar-refractivity contribution in [3.8, 4) is 0 Å². The minimum Gasteiger partial charge on any atom is -0.371 e. The van der Waals surface area contributed by atoms with Gasteiger partial charge in [-0.2, -0.15) is 0 Å². The lowest BCUT2D eigenvalue weighted by Crippen LogP contribution is -2.37. The Morgan fingerprint density at radius 1 is 1.25 bits per heavy atom. The van der Waals surface area contributed by atoms with Crippen molar-refractivity contribution in [2.45, 2.75) is 25.8 Å². The van der Waals surface area contributed by atoms with Crippen molar-refractivity contribution >= 4 is 5.69 Å². The number of hydrogen-bond acceptors (Lipinski definition) is 3. The first-order valence-electron chi connectivity index (χ1n) is 7.77. The lowest BCUT2D eigenvalue weighted by molar-refractivity contribution is 0.285. The third-order valence-corrected chi connectivity index (χ3v) is 4.41. The van der Waals surface area contributed by atoms with Gasteiger partial charge in [0, 0.05) is 31.4 Å². The first-order chi connectivity index (χ1) is 9.61. The SMILES string of the molecule is CNC(C)c1ccccc1N1CCC(CN(C)C)CC1. The Morgan fingerprint density at radius 2 is 1.90 bits per heavy atom. The van der Waals surface area contributed by atoms with Crippen LogP contribution in [0.4, 0.5) is 5.69 Å². The minimum absolute atomic E-state index is 0.408. The number of hydrogen-bond donors (Lipinski definition) is 1. The predicted molar refractivity (Wildman–Crippen MR) is 87.4 cm³/mol. The second-order valence-corrected chi connectivity index (χ2v) is 6.26. The van der Waals surface area contributed by atoms with Gasteiger partial charge >= 0.3 is 0 Å². The maximum absolute atomic E-state index is 3.36. The van der Waals surface area contributed by atoms with E-state index in [-0.39, 0.29) is 0 Å². The first kappa shape index (κ1) is 15.3. The van der Waals surface area contributed by atoms with Gasteiger partial charge < -0.3 is 15.1 Å². The highest BCUT2D eigenvalue weighted by Crippen LogP contribution is 2.29. The number of nitrogens with one attached hydrogen (secondary N) is 1. The molecule has 0 radical (unpaired) electrons. The van der Waals surface area contributed by atoms with Crippen LogP contribution in [0.25, 0.3) is 0 Å². The van der Waals surface area contributed by atoms with Gasteiger partial charge in [0.15, 0.2) is 0 Å². The number of piperidine rings is 1. The molecular weight excluding hydrogens is 246 g/mol. The van der Waals surface area contributed by atoms with Crippen molar-refractivity contribution < 1.29 is 0 Å². The van der Waals surface area contributed by atoms with Crippen LogP contribution in [0.5, 0.6) is 0 Å². The molecular formula is C17H29N3. The topological polar surface area (TPSA) is 18.5 Å². The molecule has 1 aliphatic rings. The van der Waals surface area contributed by atoms with E-state index >= 15 is 0 Å². The normalized spacial score (nSPS) is 18.6. The fourth-order valence-corrected chi connectivity index (χ4v) is 3.17. The zero-order chi connectivity index (χ0) is 14.5. The minimum atomic E-state index is 0.408. The van der Waals surface area contributed by atoms with Gasteiger partial charge in [0.25, 0.3) is 0 Å². The number of rotatable bonds is 5. The third kappa shape index (κ3) is 3.74. The molecule has 1 aromatic rings. The summed E-state index contributed by atoms with van der Waals surface area (Å²) in [5.74, 6) is 0.857. The predicted octanol–water partition coefficient (Wildman–Crippen LogP) is 2.75. The summed E-state index contributed by atoms with van der Waals surface area (Å²) in [7, 11) is 6.39. The van der Waals surface area contributed by atoms with Gasteiger partial charge in [0.05, 0.1) is 0 Å². The summed E-state index contributed by atoms with van der Waals surface area (Å²) in [6.07, 6.45) is 2.61. The van der Waals surface area contributed by atoms with Gasteiger partial charge in [0.1, 0.15) is 0 Å². The largest absolute Gasteiger partial charge is 0.371 e. The Morgan fingerprint density at radius 3 is 2.50 bits per heavy atom. The molecule has 1 N–H and O–H groups in total. The van der Waals surface area contributed by atoms with Crippen LogP contribution in [0.3, 0.4) is 0 Å². The number of para-hydroxylation sites is 1. The molecule has 0 aliphatic carbocycles. The van der Waals surface area contributed by atoms with Crippen LogP contribution >= 0.6 is 0 Å². The molecule has 3 nitrogen and oxygen atoms in total. The molecule has 1 heterocycles. The van der Waals surface area contributed by atoms with Gasteiger partial charge in [-0.05, 0) is 58.5 Å². The van der Waals surface area contributed by atoms with Gasteiger partial charge in [0.2, 0.25) is 0 Å². The van der Waals surface area contributed by atoms with E-state index in [0.29, 0.717) is 6.04 Å². The summed E-state index contributed by atoms with van der Waals surface area (Å²) < 4.78 is 0. The molecule has 1 aromatic carbocycles. The van der Waals surface area contributed by atoms with Crippen LogP contribution in [-0.4, -0.2) is 45.7 Å². The monoisotopic (exact) mass is 275 g/mol. The molecule has 0 bridgehead atoms. The number of anilines is 1. The first-order valence-corrected chi connectivity index (χ1v) is 7.77. The van der Waals surface area contributed by atoms with E-state index in [4.69, 9.17) is 0 Å². The summed E-state index contributed by atoms with van der Waals surface area (Å²) in [6.45, 7) is 5.83. The summed E-state index contributed by atoms with van der Waals surface area (Å²) in [4.78, 5) is 4.88. The van der Waals surface area contributed by atoms with Crippen LogP contribution in [0.15, 0.2) is 24.3 Å². The number of nitrogens with zero attached hydrogens (tertiary/aromatic N) is 2. The second kappa shape index (κ2) is 7.09. The van der Waals surface area contributed by atoms with E-state index in [1.54, 1.807) is 0 Å². The highest BCUT2D eigenvalue weighted by Gasteiger charge is 2.22. The smallest absolute Gasteiger partial charge is 0.0414 e.